The summed E-state index contributed by atoms with van der Waals surface area (Å²) in [4.78, 5) is 36.9. The van der Waals surface area contributed by atoms with E-state index in [1.165, 1.54) is 0 Å². The fraction of sp³-hybridized carbons (Fsp3) is 0.292. The van der Waals surface area contributed by atoms with Crippen LogP contribution in [0.1, 0.15) is 35.2 Å². The predicted octanol–water partition coefficient (Wildman–Crippen LogP) is 3.50. The van der Waals surface area contributed by atoms with Crippen LogP contribution in [0.25, 0.3) is 0 Å². The number of benzene rings is 2. The average molecular weight is 406 g/mol. The third kappa shape index (κ3) is 6.30. The third-order valence-corrected chi connectivity index (χ3v) is 4.94. The highest BCUT2D eigenvalue weighted by Gasteiger charge is 2.21. The van der Waals surface area contributed by atoms with Gasteiger partial charge in [0.15, 0.2) is 6.61 Å². The van der Waals surface area contributed by atoms with E-state index in [9.17, 15) is 14.4 Å². The van der Waals surface area contributed by atoms with Crippen LogP contribution in [-0.2, 0) is 20.7 Å². The fourth-order valence-corrected chi connectivity index (χ4v) is 3.30. The summed E-state index contributed by atoms with van der Waals surface area (Å²) in [5, 5.41) is 5.54. The van der Waals surface area contributed by atoms with Crippen LogP contribution in [0, 0.1) is 5.92 Å². The number of para-hydroxylation sites is 1. The number of carbonyl (C=O) groups is 3. The standard InChI is InChI=1S/C24H26N2O4/c27-22(17-30-24(29)19-11-5-2-6-12-19)26-21-14-8-7-13-20(21)23(28)25-16-15-18-9-3-1-4-10-18/h1-5,7-10,13-14,19H,6,11-12,15-17H2,(H,25,28)(H,26,27)/t19-/m1/s1. The first-order valence-corrected chi connectivity index (χ1v) is 10.2. The average Bonchev–Trinajstić information content (AvgIpc) is 2.79. The van der Waals surface area contributed by atoms with Gasteiger partial charge in [0.05, 0.1) is 17.2 Å². The Hall–Kier alpha value is -3.41. The molecule has 0 unspecified atom stereocenters. The van der Waals surface area contributed by atoms with Gasteiger partial charge in [0.2, 0.25) is 0 Å². The van der Waals surface area contributed by atoms with Gasteiger partial charge in [-0.1, -0.05) is 54.6 Å². The van der Waals surface area contributed by atoms with Crippen molar-refractivity contribution in [3.63, 3.8) is 0 Å². The molecule has 1 aliphatic carbocycles. The summed E-state index contributed by atoms with van der Waals surface area (Å²) >= 11 is 0. The van der Waals surface area contributed by atoms with Gasteiger partial charge in [-0.05, 0) is 43.4 Å². The second kappa shape index (κ2) is 11.0. The minimum atomic E-state index is -0.473. The minimum Gasteiger partial charge on any atom is -0.455 e. The summed E-state index contributed by atoms with van der Waals surface area (Å²) in [5.74, 6) is -1.29. The molecule has 1 atom stereocenters. The zero-order valence-corrected chi connectivity index (χ0v) is 16.8. The van der Waals surface area contributed by atoms with Gasteiger partial charge in [0, 0.05) is 6.54 Å². The summed E-state index contributed by atoms with van der Waals surface area (Å²) in [7, 11) is 0. The molecule has 2 aromatic carbocycles. The molecule has 0 saturated heterocycles. The zero-order chi connectivity index (χ0) is 21.2. The summed E-state index contributed by atoms with van der Waals surface area (Å²) in [6, 6.07) is 16.6. The summed E-state index contributed by atoms with van der Waals surface area (Å²) in [6.45, 7) is 0.113. The topological polar surface area (TPSA) is 84.5 Å². The smallest absolute Gasteiger partial charge is 0.309 e. The number of anilines is 1. The Morgan fingerprint density at radius 2 is 1.73 bits per heavy atom. The molecule has 0 bridgehead atoms. The van der Waals surface area contributed by atoms with Gasteiger partial charge in [0.25, 0.3) is 11.8 Å². The Morgan fingerprint density at radius 3 is 2.50 bits per heavy atom. The van der Waals surface area contributed by atoms with E-state index in [2.05, 4.69) is 10.6 Å². The molecule has 156 valence electrons. The molecule has 3 rings (SSSR count). The van der Waals surface area contributed by atoms with Gasteiger partial charge in [-0.2, -0.15) is 0 Å². The van der Waals surface area contributed by atoms with Crippen LogP contribution in [-0.4, -0.2) is 30.9 Å². The molecule has 1 aliphatic rings. The maximum absolute atomic E-state index is 12.6. The highest BCUT2D eigenvalue weighted by Crippen LogP contribution is 2.19. The molecule has 0 aromatic heterocycles. The first-order valence-electron chi connectivity index (χ1n) is 10.2. The van der Waals surface area contributed by atoms with Gasteiger partial charge >= 0.3 is 5.97 Å². The first kappa shape index (κ1) is 21.3. The van der Waals surface area contributed by atoms with Crippen molar-refractivity contribution >= 4 is 23.5 Å². The number of nitrogens with one attached hydrogen (secondary N) is 2. The lowest BCUT2D eigenvalue weighted by Crippen LogP contribution is -2.28. The van der Waals surface area contributed by atoms with Crippen LogP contribution in [0.4, 0.5) is 5.69 Å². The number of amides is 2. The van der Waals surface area contributed by atoms with Gasteiger partial charge in [-0.15, -0.1) is 0 Å². The highest BCUT2D eigenvalue weighted by atomic mass is 16.5. The second-order valence-electron chi connectivity index (χ2n) is 7.17. The van der Waals surface area contributed by atoms with E-state index in [0.717, 1.165) is 18.4 Å². The second-order valence-corrected chi connectivity index (χ2v) is 7.17. The number of carbonyl (C=O) groups excluding carboxylic acids is 3. The number of hydrogen-bond acceptors (Lipinski definition) is 4. The lowest BCUT2D eigenvalue weighted by molar-refractivity contribution is -0.151. The van der Waals surface area contributed by atoms with E-state index in [1.54, 1.807) is 24.3 Å². The number of ether oxygens (including phenoxy) is 1. The third-order valence-electron chi connectivity index (χ3n) is 4.94. The Morgan fingerprint density at radius 1 is 0.967 bits per heavy atom. The number of rotatable bonds is 8. The van der Waals surface area contributed by atoms with E-state index in [-0.39, 0.29) is 24.4 Å². The Balaban J connectivity index is 1.50. The number of allylic oxidation sites excluding steroid dienone is 2. The van der Waals surface area contributed by atoms with Crippen molar-refractivity contribution in [3.05, 3.63) is 77.9 Å². The molecular formula is C24H26N2O4. The van der Waals surface area contributed by atoms with Crippen LogP contribution in [0.3, 0.4) is 0 Å². The molecule has 0 heterocycles. The van der Waals surface area contributed by atoms with Crippen LogP contribution < -0.4 is 10.6 Å². The molecule has 6 heteroatoms. The van der Waals surface area contributed by atoms with Crippen LogP contribution in [0.15, 0.2) is 66.7 Å². The van der Waals surface area contributed by atoms with Gasteiger partial charge in [-0.3, -0.25) is 14.4 Å². The van der Waals surface area contributed by atoms with Gasteiger partial charge < -0.3 is 15.4 Å². The molecule has 30 heavy (non-hydrogen) atoms. The number of hydrogen-bond donors (Lipinski definition) is 2. The minimum absolute atomic E-state index is 0.189. The molecule has 6 nitrogen and oxygen atoms in total. The largest absolute Gasteiger partial charge is 0.455 e. The molecule has 0 aliphatic heterocycles. The fourth-order valence-electron chi connectivity index (χ4n) is 3.30. The maximum atomic E-state index is 12.6. The molecule has 2 amide bonds. The summed E-state index contributed by atoms with van der Waals surface area (Å²) < 4.78 is 5.14. The Kier molecular flexibility index (Phi) is 7.78. The normalized spacial score (nSPS) is 15.3. The first-order chi connectivity index (χ1) is 14.6. The monoisotopic (exact) mass is 406 g/mol. The quantitative estimate of drug-likeness (QED) is 0.519. The highest BCUT2D eigenvalue weighted by molar-refractivity contribution is 6.04. The molecule has 0 radical (unpaired) electrons. The van der Waals surface area contributed by atoms with Crippen molar-refractivity contribution in [2.75, 3.05) is 18.5 Å². The van der Waals surface area contributed by atoms with E-state index < -0.39 is 5.91 Å². The maximum Gasteiger partial charge on any atom is 0.309 e. The van der Waals surface area contributed by atoms with Crippen molar-refractivity contribution in [1.29, 1.82) is 0 Å². The predicted molar refractivity (Wildman–Crippen MR) is 115 cm³/mol. The molecular weight excluding hydrogens is 380 g/mol. The van der Waals surface area contributed by atoms with E-state index in [4.69, 9.17) is 4.74 Å². The van der Waals surface area contributed by atoms with Crippen LogP contribution in [0.5, 0.6) is 0 Å². The van der Waals surface area contributed by atoms with Crippen LogP contribution in [0.2, 0.25) is 0 Å². The lowest BCUT2D eigenvalue weighted by Gasteiger charge is -2.16. The molecule has 0 saturated carbocycles. The van der Waals surface area contributed by atoms with Crippen molar-refractivity contribution < 1.29 is 19.1 Å². The van der Waals surface area contributed by atoms with E-state index in [0.29, 0.717) is 30.6 Å². The zero-order valence-electron chi connectivity index (χ0n) is 16.8. The summed E-state index contributed by atoms with van der Waals surface area (Å²) in [5.41, 5.74) is 1.88. The lowest BCUT2D eigenvalue weighted by atomic mass is 9.95. The Bertz CT molecular complexity index is 908. The molecule has 0 fully saturated rings. The SMILES string of the molecule is O=C(COC(=O)[C@@H]1CC=CCC1)Nc1ccccc1C(=O)NCCc1ccccc1. The number of esters is 1. The van der Waals surface area contributed by atoms with E-state index >= 15 is 0 Å². The van der Waals surface area contributed by atoms with Gasteiger partial charge in [-0.25, -0.2) is 0 Å². The molecule has 2 N–H and O–H groups in total. The summed E-state index contributed by atoms with van der Waals surface area (Å²) in [6.07, 6.45) is 6.95. The molecule has 2 aromatic rings. The van der Waals surface area contributed by atoms with Crippen molar-refractivity contribution in [2.24, 2.45) is 5.92 Å². The van der Waals surface area contributed by atoms with E-state index in [1.807, 2.05) is 42.5 Å². The van der Waals surface area contributed by atoms with Gasteiger partial charge in [0.1, 0.15) is 0 Å². The Labute approximate surface area is 176 Å². The molecule has 0 spiro atoms. The van der Waals surface area contributed by atoms with Crippen molar-refractivity contribution in [2.45, 2.75) is 25.7 Å². The van der Waals surface area contributed by atoms with Crippen LogP contribution >= 0.6 is 0 Å². The van der Waals surface area contributed by atoms with Crippen molar-refractivity contribution in [1.82, 2.24) is 5.32 Å². The van der Waals surface area contributed by atoms with Crippen molar-refractivity contribution in [3.8, 4) is 0 Å².